The van der Waals surface area contributed by atoms with Gasteiger partial charge in [-0.1, -0.05) is 13.8 Å². The van der Waals surface area contributed by atoms with Crippen LogP contribution in [0.4, 0.5) is 0 Å². The fourth-order valence-electron chi connectivity index (χ4n) is 1.53. The summed E-state index contributed by atoms with van der Waals surface area (Å²) in [6, 6.07) is 1.25. The first kappa shape index (κ1) is 15.2. The molecular weight excluding hydrogens is 250 g/mol. The van der Waals surface area contributed by atoms with Crippen LogP contribution in [0.2, 0.25) is 0 Å². The van der Waals surface area contributed by atoms with E-state index in [2.05, 4.69) is 5.32 Å². The van der Waals surface area contributed by atoms with E-state index >= 15 is 0 Å². The SMILES string of the molecule is CCC(CC)NC(=O)COc1coc(CO)cc1=O. The molecule has 0 radical (unpaired) electrons. The van der Waals surface area contributed by atoms with Gasteiger partial charge in [-0.3, -0.25) is 9.59 Å². The average Bonchev–Trinajstić information content (AvgIpc) is 2.43. The monoisotopic (exact) mass is 269 g/mol. The van der Waals surface area contributed by atoms with Crippen LogP contribution in [0.15, 0.2) is 21.5 Å². The Balaban J connectivity index is 2.53. The molecule has 106 valence electrons. The summed E-state index contributed by atoms with van der Waals surface area (Å²) in [6.45, 7) is 3.37. The maximum Gasteiger partial charge on any atom is 0.258 e. The van der Waals surface area contributed by atoms with E-state index in [1.54, 1.807) is 0 Å². The molecule has 1 heterocycles. The maximum atomic E-state index is 11.6. The summed E-state index contributed by atoms with van der Waals surface area (Å²) in [5.74, 6) is -0.171. The number of aliphatic hydroxyl groups is 1. The summed E-state index contributed by atoms with van der Waals surface area (Å²) >= 11 is 0. The van der Waals surface area contributed by atoms with Gasteiger partial charge < -0.3 is 19.6 Å². The smallest absolute Gasteiger partial charge is 0.258 e. The predicted octanol–water partition coefficient (Wildman–Crippen LogP) is 0.816. The van der Waals surface area contributed by atoms with Crippen LogP contribution < -0.4 is 15.5 Å². The van der Waals surface area contributed by atoms with Crippen LogP contribution in [0.25, 0.3) is 0 Å². The number of carbonyl (C=O) groups is 1. The third-order valence-electron chi connectivity index (χ3n) is 2.72. The Morgan fingerprint density at radius 2 is 2.16 bits per heavy atom. The van der Waals surface area contributed by atoms with Gasteiger partial charge >= 0.3 is 0 Å². The first-order chi connectivity index (χ1) is 9.10. The predicted molar refractivity (Wildman–Crippen MR) is 68.9 cm³/mol. The number of hydrogen-bond acceptors (Lipinski definition) is 5. The van der Waals surface area contributed by atoms with Gasteiger partial charge in [-0.05, 0) is 12.8 Å². The zero-order chi connectivity index (χ0) is 14.3. The molecule has 1 rings (SSSR count). The number of rotatable bonds is 7. The summed E-state index contributed by atoms with van der Waals surface area (Å²) in [6.07, 6.45) is 2.78. The lowest BCUT2D eigenvalue weighted by atomic mass is 10.2. The van der Waals surface area contributed by atoms with E-state index < -0.39 is 5.43 Å². The first-order valence-electron chi connectivity index (χ1n) is 6.25. The molecule has 0 atom stereocenters. The Labute approximate surface area is 111 Å². The van der Waals surface area contributed by atoms with Crippen molar-refractivity contribution in [1.29, 1.82) is 0 Å². The van der Waals surface area contributed by atoms with Gasteiger partial charge in [0.2, 0.25) is 11.2 Å². The fraction of sp³-hybridized carbons (Fsp3) is 0.538. The van der Waals surface area contributed by atoms with Crippen molar-refractivity contribution in [3.63, 3.8) is 0 Å². The highest BCUT2D eigenvalue weighted by Gasteiger charge is 2.10. The van der Waals surface area contributed by atoms with Gasteiger partial charge in [0.25, 0.3) is 5.91 Å². The van der Waals surface area contributed by atoms with Gasteiger partial charge in [-0.15, -0.1) is 0 Å². The second-order valence-electron chi connectivity index (χ2n) is 4.10. The van der Waals surface area contributed by atoms with Gasteiger partial charge in [0, 0.05) is 12.1 Å². The van der Waals surface area contributed by atoms with Gasteiger partial charge in [-0.25, -0.2) is 0 Å². The van der Waals surface area contributed by atoms with E-state index in [1.807, 2.05) is 13.8 Å². The van der Waals surface area contributed by atoms with Gasteiger partial charge in [0.05, 0.1) is 0 Å². The molecule has 0 saturated carbocycles. The van der Waals surface area contributed by atoms with Crippen LogP contribution in [-0.4, -0.2) is 23.7 Å². The number of carbonyl (C=O) groups excluding carboxylic acids is 1. The Morgan fingerprint density at radius 3 is 2.68 bits per heavy atom. The first-order valence-corrected chi connectivity index (χ1v) is 6.25. The molecule has 0 aliphatic heterocycles. The molecule has 0 aliphatic carbocycles. The molecule has 1 aromatic rings. The molecule has 0 bridgehead atoms. The minimum absolute atomic E-state index is 0.0445. The van der Waals surface area contributed by atoms with E-state index in [-0.39, 0.29) is 36.7 Å². The van der Waals surface area contributed by atoms with Crippen LogP contribution in [0.3, 0.4) is 0 Å². The van der Waals surface area contributed by atoms with Crippen molar-refractivity contribution in [2.24, 2.45) is 0 Å². The molecular formula is C13H19NO5. The van der Waals surface area contributed by atoms with Crippen molar-refractivity contribution in [2.45, 2.75) is 39.3 Å². The molecule has 0 aliphatic rings. The number of hydrogen-bond donors (Lipinski definition) is 2. The lowest BCUT2D eigenvalue weighted by Crippen LogP contribution is -2.37. The van der Waals surface area contributed by atoms with E-state index in [1.165, 1.54) is 0 Å². The third kappa shape index (κ3) is 4.75. The molecule has 2 N–H and O–H groups in total. The number of amides is 1. The van der Waals surface area contributed by atoms with Gasteiger partial charge in [0.15, 0.2) is 6.61 Å². The van der Waals surface area contributed by atoms with Crippen molar-refractivity contribution < 1.29 is 19.1 Å². The average molecular weight is 269 g/mol. The minimum atomic E-state index is -0.425. The Morgan fingerprint density at radius 1 is 1.47 bits per heavy atom. The van der Waals surface area contributed by atoms with Crippen LogP contribution in [0.5, 0.6) is 5.75 Å². The Hall–Kier alpha value is -1.82. The summed E-state index contributed by atoms with van der Waals surface area (Å²) in [4.78, 5) is 23.1. The van der Waals surface area contributed by atoms with Crippen molar-refractivity contribution in [3.05, 3.63) is 28.3 Å². The highest BCUT2D eigenvalue weighted by atomic mass is 16.5. The van der Waals surface area contributed by atoms with Crippen molar-refractivity contribution in [1.82, 2.24) is 5.32 Å². The minimum Gasteiger partial charge on any atom is -0.477 e. The second kappa shape index (κ2) is 7.58. The molecule has 6 heteroatoms. The fourth-order valence-corrected chi connectivity index (χ4v) is 1.53. The molecule has 0 spiro atoms. The number of aliphatic hydroxyl groups excluding tert-OH is 1. The highest BCUT2D eigenvalue weighted by Crippen LogP contribution is 2.05. The maximum absolute atomic E-state index is 11.6. The molecule has 0 aromatic carbocycles. The topological polar surface area (TPSA) is 88.8 Å². The van der Waals surface area contributed by atoms with Gasteiger partial charge in [0.1, 0.15) is 18.6 Å². The second-order valence-corrected chi connectivity index (χ2v) is 4.10. The van der Waals surface area contributed by atoms with E-state index in [0.29, 0.717) is 0 Å². The summed E-state index contributed by atoms with van der Waals surface area (Å²) in [5.41, 5.74) is -0.425. The highest BCUT2D eigenvalue weighted by molar-refractivity contribution is 5.77. The summed E-state index contributed by atoms with van der Waals surface area (Å²) in [7, 11) is 0. The van der Waals surface area contributed by atoms with Crippen molar-refractivity contribution in [2.75, 3.05) is 6.61 Å². The summed E-state index contributed by atoms with van der Waals surface area (Å²) in [5, 5.41) is 11.6. The molecule has 0 fully saturated rings. The van der Waals surface area contributed by atoms with Crippen LogP contribution in [0.1, 0.15) is 32.4 Å². The Bertz CT molecular complexity index is 464. The zero-order valence-electron chi connectivity index (χ0n) is 11.1. The third-order valence-corrected chi connectivity index (χ3v) is 2.72. The normalized spacial score (nSPS) is 10.5. The lowest BCUT2D eigenvalue weighted by molar-refractivity contribution is -0.123. The van der Waals surface area contributed by atoms with Crippen molar-refractivity contribution >= 4 is 5.91 Å². The van der Waals surface area contributed by atoms with Crippen molar-refractivity contribution in [3.8, 4) is 5.75 Å². The molecule has 0 unspecified atom stereocenters. The Kier molecular flexibility index (Phi) is 6.08. The van der Waals surface area contributed by atoms with E-state index in [0.717, 1.165) is 25.2 Å². The molecule has 1 aromatic heterocycles. The van der Waals surface area contributed by atoms with Crippen LogP contribution >= 0.6 is 0 Å². The van der Waals surface area contributed by atoms with Gasteiger partial charge in [-0.2, -0.15) is 0 Å². The van der Waals surface area contributed by atoms with E-state index in [9.17, 15) is 9.59 Å². The molecule has 19 heavy (non-hydrogen) atoms. The zero-order valence-corrected chi connectivity index (χ0v) is 11.1. The molecule has 0 saturated heterocycles. The largest absolute Gasteiger partial charge is 0.477 e. The standard InChI is InChI=1S/C13H19NO5/c1-3-9(4-2)14-13(17)8-19-12-7-18-10(6-15)5-11(12)16/h5,7,9,15H,3-4,6,8H2,1-2H3,(H,14,17). The quantitative estimate of drug-likeness (QED) is 0.765. The van der Waals surface area contributed by atoms with Crippen LogP contribution in [-0.2, 0) is 11.4 Å². The van der Waals surface area contributed by atoms with E-state index in [4.69, 9.17) is 14.3 Å². The molecule has 1 amide bonds. The lowest BCUT2D eigenvalue weighted by Gasteiger charge is -2.14. The van der Waals surface area contributed by atoms with Crippen LogP contribution in [0, 0.1) is 0 Å². The molecule has 6 nitrogen and oxygen atoms in total. The number of nitrogens with one attached hydrogen (secondary N) is 1. The number of ether oxygens (including phenoxy) is 1. The summed E-state index contributed by atoms with van der Waals surface area (Å²) < 4.78 is 10.0.